The van der Waals surface area contributed by atoms with Crippen LogP contribution in [-0.4, -0.2) is 31.9 Å². The third kappa shape index (κ3) is 6.76. The number of carbonyl (C=O) groups excluding carboxylic acids is 2. The van der Waals surface area contributed by atoms with Crippen LogP contribution < -0.4 is 9.47 Å². The molecular weight excluding hydrogens is 578 g/mol. The molecule has 6 nitrogen and oxygen atoms in total. The van der Waals surface area contributed by atoms with Crippen LogP contribution in [0.25, 0.3) is 0 Å². The van der Waals surface area contributed by atoms with Crippen LogP contribution in [0.4, 0.5) is 0 Å². The molecule has 0 aromatic heterocycles. The van der Waals surface area contributed by atoms with E-state index in [2.05, 4.69) is 0 Å². The topological polar surface area (TPSA) is 89.9 Å². The minimum Gasteiger partial charge on any atom is -0.481 e. The van der Waals surface area contributed by atoms with Crippen molar-refractivity contribution in [3.05, 3.63) is 59.7 Å². The molecule has 0 radical (unpaired) electrons. The van der Waals surface area contributed by atoms with Gasteiger partial charge in [-0.3, -0.25) is 14.4 Å². The molecule has 0 saturated heterocycles. The van der Waals surface area contributed by atoms with Crippen LogP contribution in [0.5, 0.6) is 11.5 Å². The number of alkyl halides is 2. The highest BCUT2D eigenvalue weighted by molar-refractivity contribution is 14.1. The van der Waals surface area contributed by atoms with Crippen molar-refractivity contribution >= 4 is 63.1 Å². The summed E-state index contributed by atoms with van der Waals surface area (Å²) >= 11 is 3.84. The maximum absolute atomic E-state index is 11.4. The van der Waals surface area contributed by atoms with Crippen molar-refractivity contribution in [2.24, 2.45) is 0 Å². The number of carboxylic acid groups (broad SMARTS) is 1. The van der Waals surface area contributed by atoms with Crippen LogP contribution in [0.3, 0.4) is 0 Å². The molecule has 0 spiro atoms. The van der Waals surface area contributed by atoms with Crippen molar-refractivity contribution in [3.8, 4) is 11.5 Å². The van der Waals surface area contributed by atoms with Crippen LogP contribution in [-0.2, 0) is 14.4 Å². The lowest BCUT2D eigenvalue weighted by atomic mass is 9.88. The van der Waals surface area contributed by atoms with Gasteiger partial charge in [0.15, 0.2) is 0 Å². The predicted molar refractivity (Wildman–Crippen MR) is 116 cm³/mol. The van der Waals surface area contributed by atoms with E-state index in [1.54, 1.807) is 48.5 Å². The number of carbonyl (C=O) groups is 3. The number of rotatable bonds is 8. The summed E-state index contributed by atoms with van der Waals surface area (Å²) in [6.07, 6.45) is -0.0975. The van der Waals surface area contributed by atoms with E-state index in [1.807, 2.05) is 45.2 Å². The van der Waals surface area contributed by atoms with Crippen LogP contribution in [0.2, 0.25) is 0 Å². The zero-order valence-corrected chi connectivity index (χ0v) is 18.4. The highest BCUT2D eigenvalue weighted by atomic mass is 127. The van der Waals surface area contributed by atoms with Crippen molar-refractivity contribution in [2.75, 3.05) is 8.86 Å². The Kier molecular flexibility index (Phi) is 8.48. The smallest absolute Gasteiger partial charge is 0.321 e. The second-order valence-electron chi connectivity index (χ2n) is 5.50. The normalized spacial score (nSPS) is 10.5. The predicted octanol–water partition coefficient (Wildman–Crippen LogP) is 3.97. The number of esters is 2. The minimum atomic E-state index is -0.930. The fourth-order valence-corrected chi connectivity index (χ4v) is 2.77. The lowest BCUT2D eigenvalue weighted by molar-refractivity contribution is -0.137. The van der Waals surface area contributed by atoms with E-state index in [-0.39, 0.29) is 33.1 Å². The molecule has 142 valence electrons. The third-order valence-corrected chi connectivity index (χ3v) is 4.87. The molecule has 0 unspecified atom stereocenters. The molecule has 1 N–H and O–H groups in total. The summed E-state index contributed by atoms with van der Waals surface area (Å²) in [5, 5.41) is 9.28. The molecule has 8 heteroatoms. The Labute approximate surface area is 183 Å². The Hall–Kier alpha value is -1.69. The second-order valence-corrected chi connectivity index (χ2v) is 7.03. The molecular formula is C19H16I2O6. The van der Waals surface area contributed by atoms with Crippen molar-refractivity contribution in [1.29, 1.82) is 0 Å². The lowest BCUT2D eigenvalue weighted by Gasteiger charge is -2.17. The minimum absolute atomic E-state index is 0.0975. The lowest BCUT2D eigenvalue weighted by Crippen LogP contribution is -2.10. The number of carboxylic acids is 1. The van der Waals surface area contributed by atoms with Crippen LogP contribution in [0.15, 0.2) is 48.5 Å². The van der Waals surface area contributed by atoms with E-state index >= 15 is 0 Å². The van der Waals surface area contributed by atoms with Gasteiger partial charge in [0.2, 0.25) is 0 Å². The average molecular weight is 594 g/mol. The van der Waals surface area contributed by atoms with E-state index in [0.717, 1.165) is 11.1 Å². The van der Waals surface area contributed by atoms with E-state index in [1.165, 1.54) is 0 Å². The molecule has 2 rings (SSSR count). The van der Waals surface area contributed by atoms with E-state index in [4.69, 9.17) is 9.47 Å². The number of aliphatic carboxylic acids is 1. The van der Waals surface area contributed by atoms with Crippen molar-refractivity contribution in [3.63, 3.8) is 0 Å². The summed E-state index contributed by atoms with van der Waals surface area (Å²) in [6.45, 7) is 0. The van der Waals surface area contributed by atoms with Gasteiger partial charge in [-0.05, 0) is 35.4 Å². The molecule has 2 aromatic carbocycles. The second kappa shape index (κ2) is 10.6. The largest absolute Gasteiger partial charge is 0.481 e. The van der Waals surface area contributed by atoms with Gasteiger partial charge in [-0.1, -0.05) is 69.4 Å². The van der Waals surface area contributed by atoms with Crippen LogP contribution >= 0.6 is 45.2 Å². The molecule has 0 atom stereocenters. The molecule has 0 aliphatic rings. The zero-order valence-electron chi connectivity index (χ0n) is 14.1. The zero-order chi connectivity index (χ0) is 19.8. The highest BCUT2D eigenvalue weighted by Crippen LogP contribution is 2.30. The Morgan fingerprint density at radius 1 is 0.778 bits per heavy atom. The maximum atomic E-state index is 11.4. The maximum Gasteiger partial charge on any atom is 0.321 e. The molecule has 0 bridgehead atoms. The van der Waals surface area contributed by atoms with Gasteiger partial charge >= 0.3 is 17.9 Å². The van der Waals surface area contributed by atoms with Crippen molar-refractivity contribution in [2.45, 2.75) is 12.3 Å². The molecule has 0 amide bonds. The summed E-state index contributed by atoms with van der Waals surface area (Å²) in [6, 6.07) is 13.5. The molecule has 0 heterocycles. The first-order valence-electron chi connectivity index (χ1n) is 7.88. The SMILES string of the molecule is O=C(O)CC(c1ccc(OC(=O)CI)cc1)c1ccc(OC(=O)CI)cc1. The van der Waals surface area contributed by atoms with E-state index in [9.17, 15) is 19.5 Å². The van der Waals surface area contributed by atoms with E-state index < -0.39 is 5.97 Å². The van der Waals surface area contributed by atoms with E-state index in [0.29, 0.717) is 11.5 Å². The Morgan fingerprint density at radius 2 is 1.15 bits per heavy atom. The monoisotopic (exact) mass is 594 g/mol. The summed E-state index contributed by atoms with van der Waals surface area (Å²) in [7, 11) is 0. The van der Waals surface area contributed by atoms with Crippen LogP contribution in [0.1, 0.15) is 23.5 Å². The Bertz CT molecular complexity index is 740. The molecule has 0 aliphatic carbocycles. The molecule has 0 fully saturated rings. The van der Waals surface area contributed by atoms with Gasteiger partial charge in [0, 0.05) is 5.92 Å². The molecule has 27 heavy (non-hydrogen) atoms. The first-order valence-corrected chi connectivity index (χ1v) is 10.9. The summed E-state index contributed by atoms with van der Waals surface area (Å²) in [4.78, 5) is 34.0. The van der Waals surface area contributed by atoms with Gasteiger partial charge < -0.3 is 14.6 Å². The summed E-state index contributed by atoms with van der Waals surface area (Å²) in [5.41, 5.74) is 1.56. The summed E-state index contributed by atoms with van der Waals surface area (Å²) < 4.78 is 10.8. The molecule has 0 aliphatic heterocycles. The highest BCUT2D eigenvalue weighted by Gasteiger charge is 2.18. The number of hydrogen-bond donors (Lipinski definition) is 1. The number of hydrogen-bond acceptors (Lipinski definition) is 5. The van der Waals surface area contributed by atoms with Crippen LogP contribution in [0, 0.1) is 0 Å². The average Bonchev–Trinajstić information content (AvgIpc) is 2.67. The fraction of sp³-hybridized carbons (Fsp3) is 0.211. The quantitative estimate of drug-likeness (QED) is 0.216. The number of halogens is 2. The summed E-state index contributed by atoms with van der Waals surface area (Å²) in [5.74, 6) is -1.18. The van der Waals surface area contributed by atoms with Gasteiger partial charge in [-0.2, -0.15) is 0 Å². The fourth-order valence-electron chi connectivity index (χ4n) is 2.46. The van der Waals surface area contributed by atoms with Gasteiger partial charge in [0.25, 0.3) is 0 Å². The first-order chi connectivity index (χ1) is 12.9. The Morgan fingerprint density at radius 3 is 1.44 bits per heavy atom. The number of ether oxygens (including phenoxy) is 2. The van der Waals surface area contributed by atoms with Crippen molar-refractivity contribution < 1.29 is 29.0 Å². The third-order valence-electron chi connectivity index (χ3n) is 3.63. The molecule has 0 saturated carbocycles. The standard InChI is InChI=1S/C19H16I2O6/c20-10-18(24)26-14-5-1-12(2-6-14)16(9-17(22)23)13-3-7-15(8-4-13)27-19(25)11-21/h1-8,16H,9-11H2,(H,22,23). The van der Waals surface area contributed by atoms with Gasteiger partial charge in [-0.25, -0.2) is 0 Å². The van der Waals surface area contributed by atoms with Gasteiger partial charge in [0.05, 0.1) is 15.3 Å². The van der Waals surface area contributed by atoms with Crippen molar-refractivity contribution in [1.82, 2.24) is 0 Å². The first kappa shape index (κ1) is 21.6. The van der Waals surface area contributed by atoms with Gasteiger partial charge in [0.1, 0.15) is 11.5 Å². The molecule has 2 aromatic rings. The number of benzene rings is 2. The van der Waals surface area contributed by atoms with Gasteiger partial charge in [-0.15, -0.1) is 0 Å². The Balaban J connectivity index is 2.23.